The van der Waals surface area contributed by atoms with Crippen LogP contribution in [-0.4, -0.2) is 26.8 Å². The quantitative estimate of drug-likeness (QED) is 0.580. The number of fused-ring (bicyclic) bond motifs is 1. The lowest BCUT2D eigenvalue weighted by molar-refractivity contribution is 0.406. The summed E-state index contributed by atoms with van der Waals surface area (Å²) in [7, 11) is 1.59. The van der Waals surface area contributed by atoms with Gasteiger partial charge in [-0.15, -0.1) is 0 Å². The number of hydrogen-bond acceptors (Lipinski definition) is 4. The van der Waals surface area contributed by atoms with E-state index in [0.29, 0.717) is 5.75 Å². The largest absolute Gasteiger partial charge is 0.508 e. The van der Waals surface area contributed by atoms with Gasteiger partial charge in [0.05, 0.1) is 18.3 Å². The molecule has 1 atom stereocenters. The Morgan fingerprint density at radius 1 is 1.07 bits per heavy atom. The van der Waals surface area contributed by atoms with E-state index in [9.17, 15) is 5.11 Å². The third kappa shape index (κ3) is 2.91. The summed E-state index contributed by atoms with van der Waals surface area (Å²) in [5.41, 5.74) is 5.98. The van der Waals surface area contributed by atoms with Crippen molar-refractivity contribution in [3.05, 3.63) is 77.7 Å². The Balaban J connectivity index is 1.90. The molecule has 4 rings (SSSR count). The van der Waals surface area contributed by atoms with Crippen molar-refractivity contribution >= 4 is 5.52 Å². The zero-order valence-corrected chi connectivity index (χ0v) is 15.5. The van der Waals surface area contributed by atoms with Gasteiger partial charge >= 0.3 is 0 Å². The fourth-order valence-corrected chi connectivity index (χ4v) is 3.55. The van der Waals surface area contributed by atoms with Crippen molar-refractivity contribution in [3.63, 3.8) is 0 Å². The van der Waals surface area contributed by atoms with Crippen LogP contribution in [0.1, 0.15) is 29.5 Å². The highest BCUT2D eigenvalue weighted by atomic mass is 16.5. The average molecular weight is 359 g/mol. The summed E-state index contributed by atoms with van der Waals surface area (Å²) in [5.74, 6) is 0.819. The van der Waals surface area contributed by atoms with Crippen LogP contribution in [0.15, 0.2) is 61.1 Å². The number of phenolic OH excluding ortho intramolecular Hbond substituents is 1. The first-order valence-electron chi connectivity index (χ1n) is 8.85. The Labute approximate surface area is 157 Å². The lowest BCUT2D eigenvalue weighted by Crippen LogP contribution is -2.01. The number of benzene rings is 2. The molecule has 0 radical (unpaired) electrons. The molecule has 136 valence electrons. The molecule has 0 spiro atoms. The van der Waals surface area contributed by atoms with Crippen molar-refractivity contribution < 1.29 is 9.84 Å². The van der Waals surface area contributed by atoms with Crippen LogP contribution in [0.3, 0.4) is 0 Å². The van der Waals surface area contributed by atoms with Crippen LogP contribution < -0.4 is 4.74 Å². The number of hydrogen-bond donors (Lipinski definition) is 1. The van der Waals surface area contributed by atoms with E-state index in [2.05, 4.69) is 36.1 Å². The maximum Gasteiger partial charge on any atom is 0.137 e. The van der Waals surface area contributed by atoms with Crippen LogP contribution in [0, 0.1) is 6.92 Å². The Morgan fingerprint density at radius 2 is 1.89 bits per heavy atom. The molecule has 1 unspecified atom stereocenters. The minimum absolute atomic E-state index is 0.0327. The van der Waals surface area contributed by atoms with Gasteiger partial charge in [-0.1, -0.05) is 37.3 Å². The van der Waals surface area contributed by atoms with E-state index in [0.717, 1.165) is 33.5 Å². The van der Waals surface area contributed by atoms with E-state index in [1.165, 1.54) is 0 Å². The average Bonchev–Trinajstić information content (AvgIpc) is 3.12. The van der Waals surface area contributed by atoms with Crippen molar-refractivity contribution in [1.29, 1.82) is 0 Å². The first-order chi connectivity index (χ1) is 13.1. The molecule has 0 fully saturated rings. The molecule has 5 heteroatoms. The predicted molar refractivity (Wildman–Crippen MR) is 105 cm³/mol. The minimum atomic E-state index is -0.0327. The van der Waals surface area contributed by atoms with Gasteiger partial charge in [-0.3, -0.25) is 0 Å². The molecule has 0 aliphatic carbocycles. The van der Waals surface area contributed by atoms with Crippen molar-refractivity contribution in [3.8, 4) is 22.8 Å². The molecule has 0 bridgehead atoms. The van der Waals surface area contributed by atoms with E-state index >= 15 is 0 Å². The van der Waals surface area contributed by atoms with Crippen LogP contribution >= 0.6 is 0 Å². The van der Waals surface area contributed by atoms with Crippen LogP contribution in [0.4, 0.5) is 0 Å². The summed E-state index contributed by atoms with van der Waals surface area (Å²) in [5, 5.41) is 14.8. The second-order valence-electron chi connectivity index (χ2n) is 6.63. The van der Waals surface area contributed by atoms with Crippen LogP contribution in [0.25, 0.3) is 16.8 Å². The number of rotatable bonds is 4. The second-order valence-corrected chi connectivity index (χ2v) is 6.63. The van der Waals surface area contributed by atoms with Gasteiger partial charge in [0.1, 0.15) is 17.8 Å². The second kappa shape index (κ2) is 6.76. The highest BCUT2D eigenvalue weighted by molar-refractivity contribution is 5.82. The number of phenols is 1. The summed E-state index contributed by atoms with van der Waals surface area (Å²) < 4.78 is 7.05. The van der Waals surface area contributed by atoms with Gasteiger partial charge in [-0.2, -0.15) is 5.10 Å². The Kier molecular flexibility index (Phi) is 4.28. The van der Waals surface area contributed by atoms with Crippen molar-refractivity contribution in [2.75, 3.05) is 7.11 Å². The third-order valence-electron chi connectivity index (χ3n) is 5.06. The zero-order chi connectivity index (χ0) is 19.0. The third-order valence-corrected chi connectivity index (χ3v) is 5.06. The molecule has 2 heterocycles. The van der Waals surface area contributed by atoms with Crippen LogP contribution in [0.2, 0.25) is 0 Å². The maximum atomic E-state index is 10.5. The minimum Gasteiger partial charge on any atom is -0.508 e. The van der Waals surface area contributed by atoms with Gasteiger partial charge < -0.3 is 9.84 Å². The first-order valence-corrected chi connectivity index (χ1v) is 8.85. The predicted octanol–water partition coefficient (Wildman–Crippen LogP) is 4.57. The summed E-state index contributed by atoms with van der Waals surface area (Å²) >= 11 is 0. The SMILES string of the molecule is COc1ccc(C(C)c2ccn3ncnc(-c4ccccc4C)c23)c(O)c1. The molecule has 0 saturated carbocycles. The summed E-state index contributed by atoms with van der Waals surface area (Å²) in [6.07, 6.45) is 3.51. The number of methoxy groups -OCH3 is 1. The van der Waals surface area contributed by atoms with Crippen LogP contribution in [0.5, 0.6) is 11.5 Å². The lowest BCUT2D eigenvalue weighted by Gasteiger charge is -2.16. The first kappa shape index (κ1) is 17.1. The molecule has 0 aliphatic rings. The van der Waals surface area contributed by atoms with Gasteiger partial charge in [0.15, 0.2) is 0 Å². The highest BCUT2D eigenvalue weighted by Gasteiger charge is 2.20. The highest BCUT2D eigenvalue weighted by Crippen LogP contribution is 2.38. The molecule has 4 aromatic rings. The monoisotopic (exact) mass is 359 g/mol. The van der Waals surface area contributed by atoms with Gasteiger partial charge in [-0.25, -0.2) is 9.50 Å². The number of aryl methyl sites for hydroxylation is 1. The molecule has 2 aromatic heterocycles. The normalized spacial score (nSPS) is 12.3. The Bertz CT molecular complexity index is 1120. The molecule has 27 heavy (non-hydrogen) atoms. The van der Waals surface area contributed by atoms with E-state index in [4.69, 9.17) is 4.74 Å². The molecule has 2 aromatic carbocycles. The number of ether oxygens (including phenoxy) is 1. The number of nitrogens with zero attached hydrogens (tertiary/aromatic N) is 3. The Morgan fingerprint density at radius 3 is 2.63 bits per heavy atom. The van der Waals surface area contributed by atoms with Gasteiger partial charge in [-0.05, 0) is 30.2 Å². The van der Waals surface area contributed by atoms with Gasteiger partial charge in [0.2, 0.25) is 0 Å². The molecule has 0 amide bonds. The van der Waals surface area contributed by atoms with Crippen LogP contribution in [-0.2, 0) is 0 Å². The topological polar surface area (TPSA) is 59.7 Å². The zero-order valence-electron chi connectivity index (χ0n) is 15.5. The fraction of sp³-hybridized carbons (Fsp3) is 0.182. The van der Waals surface area contributed by atoms with Crippen molar-refractivity contribution in [2.45, 2.75) is 19.8 Å². The molecular formula is C22H21N3O2. The molecule has 0 saturated heterocycles. The summed E-state index contributed by atoms with van der Waals surface area (Å²) in [4.78, 5) is 4.58. The van der Waals surface area contributed by atoms with Crippen molar-refractivity contribution in [1.82, 2.24) is 14.6 Å². The molecular weight excluding hydrogens is 338 g/mol. The van der Waals surface area contributed by atoms with Gasteiger partial charge in [0.25, 0.3) is 0 Å². The van der Waals surface area contributed by atoms with E-state index in [1.807, 2.05) is 41.0 Å². The molecule has 1 N–H and O–H groups in total. The number of aromatic nitrogens is 3. The molecule has 0 aliphatic heterocycles. The summed E-state index contributed by atoms with van der Waals surface area (Å²) in [6.45, 7) is 4.15. The maximum absolute atomic E-state index is 10.5. The summed E-state index contributed by atoms with van der Waals surface area (Å²) in [6, 6.07) is 15.6. The number of aromatic hydroxyl groups is 1. The molecule has 5 nitrogen and oxygen atoms in total. The smallest absolute Gasteiger partial charge is 0.137 e. The van der Waals surface area contributed by atoms with Gasteiger partial charge in [0, 0.05) is 29.3 Å². The lowest BCUT2D eigenvalue weighted by atomic mass is 9.91. The standard InChI is InChI=1S/C22H21N3O2/c1-14-6-4-5-7-17(14)21-22-19(10-11-25(22)24-13-23-21)15(2)18-9-8-16(27-3)12-20(18)26/h4-13,15,26H,1-3H3. The van der Waals surface area contributed by atoms with Crippen molar-refractivity contribution in [2.24, 2.45) is 0 Å². The van der Waals surface area contributed by atoms with E-state index in [-0.39, 0.29) is 11.7 Å². The Hall–Kier alpha value is -3.34. The fourth-order valence-electron chi connectivity index (χ4n) is 3.55. The van der Waals surface area contributed by atoms with E-state index in [1.54, 1.807) is 19.5 Å². The van der Waals surface area contributed by atoms with E-state index < -0.39 is 0 Å².